The number of hydrogen-bond donors (Lipinski definition) is 1. The molecule has 4 nitrogen and oxygen atoms in total. The molecule has 4 heteroatoms. The molecule has 104 valence electrons. The highest BCUT2D eigenvalue weighted by atomic mass is 15.1. The molecule has 0 radical (unpaired) electrons. The Labute approximate surface area is 123 Å². The van der Waals surface area contributed by atoms with Crippen LogP contribution in [0.25, 0.3) is 11.1 Å². The van der Waals surface area contributed by atoms with E-state index < -0.39 is 0 Å². The number of pyridine rings is 1. The highest BCUT2D eigenvalue weighted by Gasteiger charge is 2.07. The van der Waals surface area contributed by atoms with Gasteiger partial charge in [-0.25, -0.2) is 9.97 Å². The largest absolute Gasteiger partial charge is 0.348 e. The van der Waals surface area contributed by atoms with E-state index in [2.05, 4.69) is 57.5 Å². The number of anilines is 1. The van der Waals surface area contributed by atoms with Crippen molar-refractivity contribution in [1.29, 1.82) is 0 Å². The Bertz CT molecular complexity index is 681. The zero-order chi connectivity index (χ0) is 14.5. The number of nitrogens with zero attached hydrogens (tertiary/aromatic N) is 3. The average molecular weight is 276 g/mol. The molecule has 0 saturated heterocycles. The summed E-state index contributed by atoms with van der Waals surface area (Å²) in [6, 6.07) is 14.4. The van der Waals surface area contributed by atoms with Crippen LogP contribution >= 0.6 is 0 Å². The smallest absolute Gasteiger partial charge is 0.223 e. The van der Waals surface area contributed by atoms with Crippen LogP contribution in [-0.2, 0) is 0 Å². The van der Waals surface area contributed by atoms with Crippen molar-refractivity contribution in [1.82, 2.24) is 15.0 Å². The Kier molecular flexibility index (Phi) is 3.87. The molecule has 0 aliphatic rings. The molecule has 0 bridgehead atoms. The minimum absolute atomic E-state index is 0.148. The van der Waals surface area contributed by atoms with Gasteiger partial charge in [0, 0.05) is 24.8 Å². The predicted molar refractivity (Wildman–Crippen MR) is 83.7 cm³/mol. The molecule has 0 aliphatic carbocycles. The highest BCUT2D eigenvalue weighted by molar-refractivity contribution is 5.62. The van der Waals surface area contributed by atoms with Crippen LogP contribution in [0, 0.1) is 0 Å². The Morgan fingerprint density at radius 1 is 0.857 bits per heavy atom. The van der Waals surface area contributed by atoms with Crippen LogP contribution in [0.3, 0.4) is 0 Å². The Hall–Kier alpha value is -2.75. The average Bonchev–Trinajstić information content (AvgIpc) is 2.57. The Balaban J connectivity index is 1.75. The number of nitrogens with one attached hydrogen (secondary N) is 1. The summed E-state index contributed by atoms with van der Waals surface area (Å²) in [6.07, 6.45) is 7.11. The normalized spacial score (nSPS) is 11.9. The molecule has 0 amide bonds. The van der Waals surface area contributed by atoms with Gasteiger partial charge < -0.3 is 5.32 Å². The molecule has 0 spiro atoms. The van der Waals surface area contributed by atoms with Gasteiger partial charge in [0.15, 0.2) is 0 Å². The van der Waals surface area contributed by atoms with Gasteiger partial charge in [-0.1, -0.05) is 30.3 Å². The molecule has 2 aromatic heterocycles. The lowest BCUT2D eigenvalue weighted by molar-refractivity contribution is 0.860. The molecule has 3 aromatic rings. The van der Waals surface area contributed by atoms with Gasteiger partial charge in [0.25, 0.3) is 0 Å². The monoisotopic (exact) mass is 276 g/mol. The van der Waals surface area contributed by atoms with Crippen LogP contribution in [0.5, 0.6) is 0 Å². The van der Waals surface area contributed by atoms with Crippen LogP contribution in [0.4, 0.5) is 5.95 Å². The maximum atomic E-state index is 4.18. The molecular weight excluding hydrogens is 260 g/mol. The fourth-order valence-electron chi connectivity index (χ4n) is 2.15. The SMILES string of the molecule is C[C@H](Nc1ncccn1)c1ccc(-c2cccnc2)cc1. The van der Waals surface area contributed by atoms with E-state index in [1.54, 1.807) is 24.7 Å². The van der Waals surface area contributed by atoms with Gasteiger partial charge in [0.05, 0.1) is 6.04 Å². The van der Waals surface area contributed by atoms with Gasteiger partial charge in [-0.05, 0) is 35.7 Å². The summed E-state index contributed by atoms with van der Waals surface area (Å²) in [4.78, 5) is 12.5. The molecule has 1 aromatic carbocycles. The van der Waals surface area contributed by atoms with Crippen LogP contribution in [-0.4, -0.2) is 15.0 Å². The first kappa shape index (κ1) is 13.2. The Morgan fingerprint density at radius 2 is 1.62 bits per heavy atom. The number of rotatable bonds is 4. The van der Waals surface area contributed by atoms with Crippen LogP contribution in [0.1, 0.15) is 18.5 Å². The number of hydrogen-bond acceptors (Lipinski definition) is 4. The van der Waals surface area contributed by atoms with Crippen molar-refractivity contribution < 1.29 is 0 Å². The van der Waals surface area contributed by atoms with E-state index in [0.29, 0.717) is 5.95 Å². The van der Waals surface area contributed by atoms with Gasteiger partial charge in [-0.3, -0.25) is 4.98 Å². The van der Waals surface area contributed by atoms with Crippen molar-refractivity contribution >= 4 is 5.95 Å². The van der Waals surface area contributed by atoms with Crippen LogP contribution in [0.2, 0.25) is 0 Å². The van der Waals surface area contributed by atoms with E-state index in [4.69, 9.17) is 0 Å². The molecule has 0 unspecified atom stereocenters. The predicted octanol–water partition coefficient (Wildman–Crippen LogP) is 3.71. The summed E-state index contributed by atoms with van der Waals surface area (Å²) in [5.74, 6) is 0.640. The summed E-state index contributed by atoms with van der Waals surface area (Å²) in [6.45, 7) is 2.09. The molecule has 0 fully saturated rings. The molecule has 21 heavy (non-hydrogen) atoms. The quantitative estimate of drug-likeness (QED) is 0.789. The Morgan fingerprint density at radius 3 is 2.29 bits per heavy atom. The fourth-order valence-corrected chi connectivity index (χ4v) is 2.15. The standard InChI is InChI=1S/C17H16N4/c1-13(21-17-19-10-3-11-20-17)14-5-7-15(8-6-14)16-4-2-9-18-12-16/h2-13H,1H3,(H,19,20,21)/t13-/m0/s1. The zero-order valence-electron chi connectivity index (χ0n) is 11.8. The minimum Gasteiger partial charge on any atom is -0.348 e. The third-order valence-electron chi connectivity index (χ3n) is 3.32. The van der Waals surface area contributed by atoms with E-state index in [1.165, 1.54) is 5.56 Å². The lowest BCUT2D eigenvalue weighted by Gasteiger charge is -2.14. The minimum atomic E-state index is 0.148. The van der Waals surface area contributed by atoms with E-state index >= 15 is 0 Å². The summed E-state index contributed by atoms with van der Waals surface area (Å²) < 4.78 is 0. The van der Waals surface area contributed by atoms with Gasteiger partial charge >= 0.3 is 0 Å². The molecule has 0 saturated carbocycles. The first-order chi connectivity index (χ1) is 10.3. The van der Waals surface area contributed by atoms with Crippen molar-refractivity contribution in [2.24, 2.45) is 0 Å². The molecule has 1 N–H and O–H groups in total. The first-order valence-electron chi connectivity index (χ1n) is 6.87. The van der Waals surface area contributed by atoms with Crippen LogP contribution in [0.15, 0.2) is 67.3 Å². The topological polar surface area (TPSA) is 50.7 Å². The lowest BCUT2D eigenvalue weighted by Crippen LogP contribution is -2.08. The second kappa shape index (κ2) is 6.13. The van der Waals surface area contributed by atoms with Crippen molar-refractivity contribution in [2.45, 2.75) is 13.0 Å². The fraction of sp³-hybridized carbons (Fsp3) is 0.118. The highest BCUT2D eigenvalue weighted by Crippen LogP contribution is 2.22. The zero-order valence-corrected chi connectivity index (χ0v) is 11.8. The molecular formula is C17H16N4. The molecule has 1 atom stereocenters. The second-order valence-electron chi connectivity index (χ2n) is 4.80. The van der Waals surface area contributed by atoms with Crippen molar-refractivity contribution in [3.05, 3.63) is 72.8 Å². The first-order valence-corrected chi connectivity index (χ1v) is 6.87. The summed E-state index contributed by atoms with van der Waals surface area (Å²) in [5, 5.41) is 3.28. The molecule has 3 rings (SSSR count). The van der Waals surface area contributed by atoms with Crippen molar-refractivity contribution in [3.8, 4) is 11.1 Å². The maximum Gasteiger partial charge on any atom is 0.223 e. The number of benzene rings is 1. The maximum absolute atomic E-state index is 4.18. The van der Waals surface area contributed by atoms with Crippen molar-refractivity contribution in [2.75, 3.05) is 5.32 Å². The van der Waals surface area contributed by atoms with Gasteiger partial charge in [0.1, 0.15) is 0 Å². The third kappa shape index (κ3) is 3.23. The molecule has 2 heterocycles. The van der Waals surface area contributed by atoms with E-state index in [9.17, 15) is 0 Å². The van der Waals surface area contributed by atoms with Gasteiger partial charge in [-0.15, -0.1) is 0 Å². The van der Waals surface area contributed by atoms with E-state index in [1.807, 2.05) is 12.3 Å². The summed E-state index contributed by atoms with van der Waals surface area (Å²) in [5.41, 5.74) is 3.47. The lowest BCUT2D eigenvalue weighted by atomic mass is 10.0. The third-order valence-corrected chi connectivity index (χ3v) is 3.32. The van der Waals surface area contributed by atoms with Gasteiger partial charge in [0.2, 0.25) is 5.95 Å². The van der Waals surface area contributed by atoms with E-state index in [0.717, 1.165) is 11.1 Å². The second-order valence-corrected chi connectivity index (χ2v) is 4.80. The van der Waals surface area contributed by atoms with Crippen LogP contribution < -0.4 is 5.32 Å². The summed E-state index contributed by atoms with van der Waals surface area (Å²) in [7, 11) is 0. The molecule has 0 aliphatic heterocycles. The van der Waals surface area contributed by atoms with Crippen molar-refractivity contribution in [3.63, 3.8) is 0 Å². The number of aromatic nitrogens is 3. The van der Waals surface area contributed by atoms with E-state index in [-0.39, 0.29) is 6.04 Å². The van der Waals surface area contributed by atoms with Gasteiger partial charge in [-0.2, -0.15) is 0 Å². The summed E-state index contributed by atoms with van der Waals surface area (Å²) >= 11 is 0.